The highest BCUT2D eigenvalue weighted by Gasteiger charge is 2.06. The lowest BCUT2D eigenvalue weighted by Crippen LogP contribution is -1.95. The molecule has 2 aromatic carbocycles. The van der Waals surface area contributed by atoms with E-state index < -0.39 is 0 Å². The van der Waals surface area contributed by atoms with E-state index in [-0.39, 0.29) is 5.78 Å². The van der Waals surface area contributed by atoms with Gasteiger partial charge in [-0.3, -0.25) is 9.78 Å². The van der Waals surface area contributed by atoms with Crippen LogP contribution in [0.15, 0.2) is 73.1 Å². The van der Waals surface area contributed by atoms with E-state index in [2.05, 4.69) is 4.98 Å². The number of carbonyl (C=O) groups excluding carboxylic acids is 1. The lowest BCUT2D eigenvalue weighted by atomic mass is 10.0. The number of hydrogen-bond acceptors (Lipinski definition) is 2. The molecule has 3 aromatic rings. The van der Waals surface area contributed by atoms with Crippen molar-refractivity contribution in [2.45, 2.75) is 0 Å². The maximum atomic E-state index is 12.3. The molecule has 0 amide bonds. The van der Waals surface area contributed by atoms with Crippen LogP contribution in [0.4, 0.5) is 0 Å². The predicted molar refractivity (Wildman–Crippen MR) is 81.5 cm³/mol. The van der Waals surface area contributed by atoms with Gasteiger partial charge in [0.15, 0.2) is 5.78 Å². The number of rotatable bonds is 3. The molecule has 0 N–H and O–H groups in total. The number of nitrogens with zero attached hydrogens (tertiary/aromatic N) is 1. The molecule has 0 bridgehead atoms. The molecule has 2 heteroatoms. The van der Waals surface area contributed by atoms with Crippen LogP contribution in [0.1, 0.15) is 15.9 Å². The molecule has 96 valence electrons. The Kier molecular flexibility index (Phi) is 3.38. The first-order valence-electron chi connectivity index (χ1n) is 6.45. The standard InChI is InChI=1S/C18H13NO/c20-18(9-8-14-10-12-19-13-11-14)17-7-3-5-15-4-1-2-6-16(15)17/h1-13H. The maximum Gasteiger partial charge on any atom is 0.186 e. The minimum Gasteiger partial charge on any atom is -0.289 e. The fraction of sp³-hybridized carbons (Fsp3) is 0. The molecule has 0 atom stereocenters. The molecule has 1 heterocycles. The quantitative estimate of drug-likeness (QED) is 0.523. The van der Waals surface area contributed by atoms with Gasteiger partial charge in [0, 0.05) is 18.0 Å². The summed E-state index contributed by atoms with van der Waals surface area (Å²) < 4.78 is 0. The highest BCUT2D eigenvalue weighted by Crippen LogP contribution is 2.19. The summed E-state index contributed by atoms with van der Waals surface area (Å²) in [6.07, 6.45) is 6.84. The summed E-state index contributed by atoms with van der Waals surface area (Å²) in [6.45, 7) is 0. The van der Waals surface area contributed by atoms with Gasteiger partial charge in [0.2, 0.25) is 0 Å². The summed E-state index contributed by atoms with van der Waals surface area (Å²) in [5, 5.41) is 2.06. The summed E-state index contributed by atoms with van der Waals surface area (Å²) in [4.78, 5) is 16.3. The number of hydrogen-bond donors (Lipinski definition) is 0. The zero-order chi connectivity index (χ0) is 13.8. The first kappa shape index (κ1) is 12.3. The number of carbonyl (C=O) groups is 1. The van der Waals surface area contributed by atoms with E-state index in [4.69, 9.17) is 0 Å². The van der Waals surface area contributed by atoms with E-state index in [1.807, 2.05) is 60.7 Å². The van der Waals surface area contributed by atoms with Gasteiger partial charge in [-0.25, -0.2) is 0 Å². The Morgan fingerprint density at radius 1 is 0.900 bits per heavy atom. The summed E-state index contributed by atoms with van der Waals surface area (Å²) in [5.41, 5.74) is 1.70. The summed E-state index contributed by atoms with van der Waals surface area (Å²) in [5.74, 6) is 0.0126. The summed E-state index contributed by atoms with van der Waals surface area (Å²) >= 11 is 0. The van der Waals surface area contributed by atoms with Gasteiger partial charge >= 0.3 is 0 Å². The minimum atomic E-state index is 0.0126. The van der Waals surface area contributed by atoms with Crippen molar-refractivity contribution < 1.29 is 4.79 Å². The van der Waals surface area contributed by atoms with Crippen LogP contribution in [0.3, 0.4) is 0 Å². The molecule has 20 heavy (non-hydrogen) atoms. The minimum absolute atomic E-state index is 0.0126. The van der Waals surface area contributed by atoms with Crippen molar-refractivity contribution in [3.05, 3.63) is 84.2 Å². The molecule has 0 spiro atoms. The van der Waals surface area contributed by atoms with E-state index >= 15 is 0 Å². The molecule has 0 aliphatic carbocycles. The Morgan fingerprint density at radius 3 is 2.50 bits per heavy atom. The zero-order valence-corrected chi connectivity index (χ0v) is 10.9. The van der Waals surface area contributed by atoms with E-state index in [1.54, 1.807) is 18.5 Å². The SMILES string of the molecule is O=C(C=Cc1ccncc1)c1cccc2ccccc12. The van der Waals surface area contributed by atoms with E-state index in [9.17, 15) is 4.79 Å². The molecule has 0 aliphatic heterocycles. The van der Waals surface area contributed by atoms with Crippen LogP contribution in [-0.4, -0.2) is 10.8 Å². The van der Waals surface area contributed by atoms with Crippen LogP contribution in [0.5, 0.6) is 0 Å². The normalized spacial score (nSPS) is 11.0. The number of ketones is 1. The molecular weight excluding hydrogens is 246 g/mol. The Labute approximate surface area is 117 Å². The van der Waals surface area contributed by atoms with Crippen LogP contribution in [0.2, 0.25) is 0 Å². The van der Waals surface area contributed by atoms with Crippen LogP contribution < -0.4 is 0 Å². The van der Waals surface area contributed by atoms with Gasteiger partial charge in [0.05, 0.1) is 0 Å². The largest absolute Gasteiger partial charge is 0.289 e. The molecule has 0 fully saturated rings. The number of fused-ring (bicyclic) bond motifs is 1. The van der Waals surface area contributed by atoms with E-state index in [0.717, 1.165) is 21.9 Å². The predicted octanol–water partition coefficient (Wildman–Crippen LogP) is 4.13. The average molecular weight is 259 g/mol. The second-order valence-corrected chi connectivity index (χ2v) is 4.50. The van der Waals surface area contributed by atoms with Crippen molar-refractivity contribution in [1.29, 1.82) is 0 Å². The van der Waals surface area contributed by atoms with Crippen molar-refractivity contribution in [2.75, 3.05) is 0 Å². The zero-order valence-electron chi connectivity index (χ0n) is 10.9. The number of allylic oxidation sites excluding steroid dienone is 1. The van der Waals surface area contributed by atoms with Crippen molar-refractivity contribution in [3.8, 4) is 0 Å². The van der Waals surface area contributed by atoms with E-state index in [1.165, 1.54) is 0 Å². The van der Waals surface area contributed by atoms with Gasteiger partial charge in [-0.1, -0.05) is 48.5 Å². The summed E-state index contributed by atoms with van der Waals surface area (Å²) in [6, 6.07) is 17.4. The average Bonchev–Trinajstić information content (AvgIpc) is 2.53. The van der Waals surface area contributed by atoms with E-state index in [0.29, 0.717) is 0 Å². The summed E-state index contributed by atoms with van der Waals surface area (Å²) in [7, 11) is 0. The molecule has 0 radical (unpaired) electrons. The smallest absolute Gasteiger partial charge is 0.186 e. The monoisotopic (exact) mass is 259 g/mol. The van der Waals surface area contributed by atoms with Crippen molar-refractivity contribution in [2.24, 2.45) is 0 Å². The third kappa shape index (κ3) is 2.50. The first-order valence-corrected chi connectivity index (χ1v) is 6.45. The Hall–Kier alpha value is -2.74. The van der Waals surface area contributed by atoms with Crippen LogP contribution >= 0.6 is 0 Å². The molecule has 2 nitrogen and oxygen atoms in total. The van der Waals surface area contributed by atoms with Crippen molar-refractivity contribution >= 4 is 22.6 Å². The molecule has 0 saturated carbocycles. The lowest BCUT2D eigenvalue weighted by molar-refractivity contribution is 0.104. The van der Waals surface area contributed by atoms with Gasteiger partial charge in [0.25, 0.3) is 0 Å². The van der Waals surface area contributed by atoms with Gasteiger partial charge in [-0.2, -0.15) is 0 Å². The number of benzene rings is 2. The number of pyridine rings is 1. The lowest BCUT2D eigenvalue weighted by Gasteiger charge is -2.02. The Balaban J connectivity index is 1.95. The second kappa shape index (κ2) is 5.49. The maximum absolute atomic E-state index is 12.3. The third-order valence-electron chi connectivity index (χ3n) is 3.19. The van der Waals surface area contributed by atoms with Gasteiger partial charge in [-0.05, 0) is 34.5 Å². The fourth-order valence-electron chi connectivity index (χ4n) is 2.18. The fourth-order valence-corrected chi connectivity index (χ4v) is 2.18. The van der Waals surface area contributed by atoms with Gasteiger partial charge in [-0.15, -0.1) is 0 Å². The Bertz CT molecular complexity index is 770. The van der Waals surface area contributed by atoms with Crippen LogP contribution in [0.25, 0.3) is 16.8 Å². The van der Waals surface area contributed by atoms with Gasteiger partial charge < -0.3 is 0 Å². The topological polar surface area (TPSA) is 30.0 Å². The second-order valence-electron chi connectivity index (χ2n) is 4.50. The Morgan fingerprint density at radius 2 is 1.65 bits per heavy atom. The third-order valence-corrected chi connectivity index (χ3v) is 3.19. The molecule has 0 saturated heterocycles. The molecule has 0 unspecified atom stereocenters. The highest BCUT2D eigenvalue weighted by atomic mass is 16.1. The first-order chi connectivity index (χ1) is 9.84. The molecule has 3 rings (SSSR count). The van der Waals surface area contributed by atoms with Crippen LogP contribution in [0, 0.1) is 0 Å². The van der Waals surface area contributed by atoms with Crippen molar-refractivity contribution in [3.63, 3.8) is 0 Å². The highest BCUT2D eigenvalue weighted by molar-refractivity contribution is 6.14. The van der Waals surface area contributed by atoms with Crippen molar-refractivity contribution in [1.82, 2.24) is 4.98 Å². The van der Waals surface area contributed by atoms with Crippen LogP contribution in [-0.2, 0) is 0 Å². The number of aromatic nitrogens is 1. The molecular formula is C18H13NO. The van der Waals surface area contributed by atoms with Gasteiger partial charge in [0.1, 0.15) is 0 Å². The molecule has 1 aromatic heterocycles. The molecule has 0 aliphatic rings.